The second-order valence-corrected chi connectivity index (χ2v) is 7.99. The van der Waals surface area contributed by atoms with Crippen molar-refractivity contribution in [3.63, 3.8) is 0 Å². The second kappa shape index (κ2) is 6.15. The molecule has 6 heteroatoms. The molecule has 0 unspecified atom stereocenters. The molecule has 0 radical (unpaired) electrons. The van der Waals surface area contributed by atoms with Crippen molar-refractivity contribution in [1.29, 1.82) is 0 Å². The molecular weight excluding hydrogens is 356 g/mol. The van der Waals surface area contributed by atoms with Crippen LogP contribution in [0.15, 0.2) is 29.0 Å². The van der Waals surface area contributed by atoms with Crippen LogP contribution in [0.1, 0.15) is 51.6 Å². The number of hydrogen-bond donors (Lipinski definition) is 1. The van der Waals surface area contributed by atoms with E-state index in [2.05, 4.69) is 51.5 Å². The predicted molar refractivity (Wildman–Crippen MR) is 94.6 cm³/mol. The lowest BCUT2D eigenvalue weighted by atomic mass is 10.0. The van der Waals surface area contributed by atoms with Crippen molar-refractivity contribution in [2.24, 2.45) is 0 Å². The molecule has 0 aliphatic heterocycles. The van der Waals surface area contributed by atoms with Gasteiger partial charge < -0.3 is 10.5 Å². The lowest BCUT2D eigenvalue weighted by molar-refractivity contribution is 0.205. The van der Waals surface area contributed by atoms with Crippen molar-refractivity contribution < 1.29 is 4.74 Å². The third-order valence-corrected chi connectivity index (χ3v) is 4.88. The Morgan fingerprint density at radius 1 is 1.35 bits per heavy atom. The van der Waals surface area contributed by atoms with Crippen LogP contribution in [0, 0.1) is 0 Å². The number of pyridine rings is 1. The smallest absolute Gasteiger partial charge is 0.152 e. The predicted octanol–water partition coefficient (Wildman–Crippen LogP) is 4.09. The van der Waals surface area contributed by atoms with E-state index in [4.69, 9.17) is 10.5 Å². The van der Waals surface area contributed by atoms with Crippen LogP contribution in [0.3, 0.4) is 0 Å². The van der Waals surface area contributed by atoms with Crippen LogP contribution < -0.4 is 10.5 Å². The van der Waals surface area contributed by atoms with E-state index < -0.39 is 0 Å². The summed E-state index contributed by atoms with van der Waals surface area (Å²) in [6.07, 6.45) is 6.80. The third kappa shape index (κ3) is 3.52. The molecule has 23 heavy (non-hydrogen) atoms. The van der Waals surface area contributed by atoms with Crippen molar-refractivity contribution >= 4 is 21.7 Å². The van der Waals surface area contributed by atoms with Gasteiger partial charge >= 0.3 is 0 Å². The molecule has 1 saturated carbocycles. The number of rotatable bonds is 3. The first-order valence-electron chi connectivity index (χ1n) is 7.96. The van der Waals surface area contributed by atoms with Gasteiger partial charge in [-0.05, 0) is 62.0 Å². The van der Waals surface area contributed by atoms with Crippen LogP contribution in [-0.2, 0) is 5.54 Å². The second-order valence-electron chi connectivity index (χ2n) is 7.13. The largest absolute Gasteiger partial charge is 0.488 e. The van der Waals surface area contributed by atoms with Crippen molar-refractivity contribution in [2.45, 2.75) is 57.6 Å². The SMILES string of the molecule is CC(C)(C)n1nc(N)cc1[C@H]1CC[C@@H](Oc2cnccc2Br)C1. The summed E-state index contributed by atoms with van der Waals surface area (Å²) in [5, 5.41) is 4.49. The Morgan fingerprint density at radius 2 is 2.13 bits per heavy atom. The zero-order valence-corrected chi connectivity index (χ0v) is 15.4. The highest BCUT2D eigenvalue weighted by atomic mass is 79.9. The zero-order valence-electron chi connectivity index (χ0n) is 13.8. The molecule has 1 fully saturated rings. The number of aromatic nitrogens is 3. The molecule has 1 aliphatic carbocycles. The number of hydrogen-bond acceptors (Lipinski definition) is 4. The quantitative estimate of drug-likeness (QED) is 0.872. The molecule has 3 rings (SSSR count). The van der Waals surface area contributed by atoms with Gasteiger partial charge in [0.05, 0.1) is 22.3 Å². The highest BCUT2D eigenvalue weighted by Gasteiger charge is 2.32. The van der Waals surface area contributed by atoms with Gasteiger partial charge in [0.2, 0.25) is 0 Å². The topological polar surface area (TPSA) is 66.0 Å². The summed E-state index contributed by atoms with van der Waals surface area (Å²) in [4.78, 5) is 4.13. The summed E-state index contributed by atoms with van der Waals surface area (Å²) in [6, 6.07) is 3.91. The van der Waals surface area contributed by atoms with Gasteiger partial charge in [-0.2, -0.15) is 5.10 Å². The lowest BCUT2D eigenvalue weighted by Gasteiger charge is -2.24. The average Bonchev–Trinajstić information content (AvgIpc) is 3.07. The Morgan fingerprint density at radius 3 is 2.83 bits per heavy atom. The van der Waals surface area contributed by atoms with Crippen LogP contribution in [0.2, 0.25) is 0 Å². The summed E-state index contributed by atoms with van der Waals surface area (Å²) >= 11 is 3.51. The number of halogens is 1. The Labute approximate surface area is 145 Å². The fourth-order valence-electron chi connectivity index (χ4n) is 3.19. The molecular formula is C17H23BrN4O. The van der Waals surface area contributed by atoms with Crippen molar-refractivity contribution in [3.8, 4) is 5.75 Å². The van der Waals surface area contributed by atoms with Gasteiger partial charge in [-0.25, -0.2) is 0 Å². The minimum absolute atomic E-state index is 0.0712. The van der Waals surface area contributed by atoms with Gasteiger partial charge in [0.25, 0.3) is 0 Å². The number of nitrogens with two attached hydrogens (primary N) is 1. The van der Waals surface area contributed by atoms with Crippen LogP contribution in [-0.4, -0.2) is 20.9 Å². The van der Waals surface area contributed by atoms with E-state index >= 15 is 0 Å². The van der Waals surface area contributed by atoms with E-state index in [0.717, 1.165) is 29.5 Å². The third-order valence-electron chi connectivity index (χ3n) is 4.22. The molecule has 0 spiro atoms. The fourth-order valence-corrected chi connectivity index (χ4v) is 3.50. The Hall–Kier alpha value is -1.56. The maximum Gasteiger partial charge on any atom is 0.152 e. The highest BCUT2D eigenvalue weighted by molar-refractivity contribution is 9.10. The lowest BCUT2D eigenvalue weighted by Crippen LogP contribution is -2.26. The molecule has 124 valence electrons. The van der Waals surface area contributed by atoms with E-state index in [1.165, 1.54) is 5.69 Å². The summed E-state index contributed by atoms with van der Waals surface area (Å²) in [7, 11) is 0. The first-order valence-corrected chi connectivity index (χ1v) is 8.76. The van der Waals surface area contributed by atoms with Gasteiger partial charge in [0.1, 0.15) is 5.82 Å². The summed E-state index contributed by atoms with van der Waals surface area (Å²) < 4.78 is 9.13. The minimum Gasteiger partial charge on any atom is -0.488 e. The molecule has 2 aromatic rings. The molecule has 2 N–H and O–H groups in total. The van der Waals surface area contributed by atoms with Gasteiger partial charge in [0.15, 0.2) is 5.75 Å². The molecule has 0 bridgehead atoms. The summed E-state index contributed by atoms with van der Waals surface area (Å²) in [6.45, 7) is 6.45. The van der Waals surface area contributed by atoms with Gasteiger partial charge in [0, 0.05) is 23.9 Å². The van der Waals surface area contributed by atoms with Gasteiger partial charge in [-0.1, -0.05) is 0 Å². The molecule has 0 saturated heterocycles. The normalized spacial score (nSPS) is 21.6. The van der Waals surface area contributed by atoms with Crippen molar-refractivity contribution in [1.82, 2.24) is 14.8 Å². The number of ether oxygens (including phenoxy) is 1. The molecule has 2 atom stereocenters. The molecule has 2 aromatic heterocycles. The molecule has 5 nitrogen and oxygen atoms in total. The van der Waals surface area contributed by atoms with Crippen LogP contribution in [0.25, 0.3) is 0 Å². The summed E-state index contributed by atoms with van der Waals surface area (Å²) in [5.41, 5.74) is 7.09. The van der Waals surface area contributed by atoms with Crippen LogP contribution in [0.4, 0.5) is 5.82 Å². The van der Waals surface area contributed by atoms with E-state index in [-0.39, 0.29) is 11.6 Å². The average molecular weight is 379 g/mol. The van der Waals surface area contributed by atoms with Gasteiger partial charge in [-0.15, -0.1) is 0 Å². The van der Waals surface area contributed by atoms with E-state index in [9.17, 15) is 0 Å². The van der Waals surface area contributed by atoms with Crippen LogP contribution >= 0.6 is 15.9 Å². The van der Waals surface area contributed by atoms with Crippen LogP contribution in [0.5, 0.6) is 5.75 Å². The number of nitrogen functional groups attached to an aromatic ring is 1. The Kier molecular flexibility index (Phi) is 4.36. The maximum absolute atomic E-state index is 6.12. The monoisotopic (exact) mass is 378 g/mol. The van der Waals surface area contributed by atoms with Gasteiger partial charge in [-0.3, -0.25) is 9.67 Å². The molecule has 0 aromatic carbocycles. The van der Waals surface area contributed by atoms with Crippen molar-refractivity contribution in [3.05, 3.63) is 34.7 Å². The van der Waals surface area contributed by atoms with E-state index in [1.807, 2.05) is 12.1 Å². The maximum atomic E-state index is 6.12. The number of nitrogens with zero attached hydrogens (tertiary/aromatic N) is 3. The molecule has 0 amide bonds. The minimum atomic E-state index is -0.0712. The Balaban J connectivity index is 1.75. The molecule has 2 heterocycles. The van der Waals surface area contributed by atoms with E-state index in [0.29, 0.717) is 11.7 Å². The van der Waals surface area contributed by atoms with Crippen molar-refractivity contribution in [2.75, 3.05) is 5.73 Å². The summed E-state index contributed by atoms with van der Waals surface area (Å²) in [5.74, 6) is 1.83. The number of anilines is 1. The fraction of sp³-hybridized carbons (Fsp3) is 0.529. The molecule has 1 aliphatic rings. The zero-order chi connectivity index (χ0) is 16.6. The van der Waals surface area contributed by atoms with E-state index in [1.54, 1.807) is 12.4 Å². The highest BCUT2D eigenvalue weighted by Crippen LogP contribution is 2.39. The standard InChI is InChI=1S/C17H23BrN4O/c1-17(2,3)22-14(9-16(19)21-22)11-4-5-12(8-11)23-15-10-20-7-6-13(15)18/h6-7,9-12H,4-5,8H2,1-3H3,(H2,19,21)/t11-,12+/m0/s1. The Bertz CT molecular complexity index is 692. The first-order chi connectivity index (χ1) is 10.8. The first kappa shape index (κ1) is 16.3.